The lowest BCUT2D eigenvalue weighted by molar-refractivity contribution is 0.517. The van der Waals surface area contributed by atoms with Crippen molar-refractivity contribution in [3.8, 4) is 0 Å². The minimum absolute atomic E-state index is 0.630. The summed E-state index contributed by atoms with van der Waals surface area (Å²) >= 11 is 0. The van der Waals surface area contributed by atoms with Crippen LogP contribution in [0.25, 0.3) is 0 Å². The molecule has 84 valence electrons. The molecule has 0 bridgehead atoms. The second kappa shape index (κ2) is 5.32. The Hall–Kier alpha value is -0.820. The standard InChI is InChI=1S/C14H23N/c1-5-13(9-15)8-14-7-6-10(2)11(3)12(14)4/h6-7,13H,5,8-9,15H2,1-4H3. The summed E-state index contributed by atoms with van der Waals surface area (Å²) in [7, 11) is 0. The lowest BCUT2D eigenvalue weighted by Gasteiger charge is -2.16. The molecular weight excluding hydrogens is 182 g/mol. The van der Waals surface area contributed by atoms with Gasteiger partial charge in [0.05, 0.1) is 0 Å². The maximum Gasteiger partial charge on any atom is -0.00458 e. The van der Waals surface area contributed by atoms with Crippen LogP contribution in [-0.2, 0) is 6.42 Å². The number of aryl methyl sites for hydroxylation is 1. The minimum atomic E-state index is 0.630. The first kappa shape index (κ1) is 12.3. The highest BCUT2D eigenvalue weighted by atomic mass is 14.5. The van der Waals surface area contributed by atoms with E-state index in [9.17, 15) is 0 Å². The molecule has 1 atom stereocenters. The molecule has 1 nitrogen and oxygen atoms in total. The first-order chi connectivity index (χ1) is 7.10. The van der Waals surface area contributed by atoms with Crippen LogP contribution in [0.4, 0.5) is 0 Å². The van der Waals surface area contributed by atoms with Gasteiger partial charge in [0.15, 0.2) is 0 Å². The smallest absolute Gasteiger partial charge is 0.00458 e. The molecule has 0 aromatic heterocycles. The van der Waals surface area contributed by atoms with Gasteiger partial charge >= 0.3 is 0 Å². The molecule has 1 aromatic rings. The van der Waals surface area contributed by atoms with Crippen LogP contribution in [0.1, 0.15) is 35.6 Å². The van der Waals surface area contributed by atoms with Crippen LogP contribution in [0.3, 0.4) is 0 Å². The van der Waals surface area contributed by atoms with Crippen molar-refractivity contribution in [3.63, 3.8) is 0 Å². The Labute approximate surface area is 93.7 Å². The molecule has 0 spiro atoms. The molecule has 0 aliphatic carbocycles. The average molecular weight is 205 g/mol. The molecule has 1 aromatic carbocycles. The van der Waals surface area contributed by atoms with E-state index in [1.54, 1.807) is 0 Å². The average Bonchev–Trinajstić information content (AvgIpc) is 2.25. The zero-order chi connectivity index (χ0) is 11.4. The van der Waals surface area contributed by atoms with Crippen LogP contribution < -0.4 is 5.73 Å². The molecule has 1 unspecified atom stereocenters. The molecule has 1 rings (SSSR count). The summed E-state index contributed by atoms with van der Waals surface area (Å²) in [5.74, 6) is 0.630. The van der Waals surface area contributed by atoms with Crippen LogP contribution in [-0.4, -0.2) is 6.54 Å². The summed E-state index contributed by atoms with van der Waals surface area (Å²) in [4.78, 5) is 0. The third-order valence-corrected chi connectivity index (χ3v) is 3.59. The monoisotopic (exact) mass is 205 g/mol. The third-order valence-electron chi connectivity index (χ3n) is 3.59. The third kappa shape index (κ3) is 2.82. The molecule has 0 fully saturated rings. The molecule has 0 saturated carbocycles. The van der Waals surface area contributed by atoms with E-state index in [0.29, 0.717) is 5.92 Å². The van der Waals surface area contributed by atoms with Gasteiger partial charge in [-0.1, -0.05) is 25.5 Å². The maximum absolute atomic E-state index is 5.75. The van der Waals surface area contributed by atoms with Crippen molar-refractivity contribution in [2.75, 3.05) is 6.54 Å². The van der Waals surface area contributed by atoms with Gasteiger partial charge in [-0.2, -0.15) is 0 Å². The number of hydrogen-bond donors (Lipinski definition) is 1. The van der Waals surface area contributed by atoms with Gasteiger partial charge in [0.1, 0.15) is 0 Å². The first-order valence-electron chi connectivity index (χ1n) is 5.85. The van der Waals surface area contributed by atoms with E-state index in [0.717, 1.165) is 13.0 Å². The van der Waals surface area contributed by atoms with Gasteiger partial charge in [0, 0.05) is 0 Å². The fraction of sp³-hybridized carbons (Fsp3) is 0.571. The Balaban J connectivity index is 2.91. The van der Waals surface area contributed by atoms with Crippen molar-refractivity contribution >= 4 is 0 Å². The zero-order valence-corrected chi connectivity index (χ0v) is 10.4. The highest BCUT2D eigenvalue weighted by Gasteiger charge is 2.09. The van der Waals surface area contributed by atoms with Gasteiger partial charge in [-0.3, -0.25) is 0 Å². The topological polar surface area (TPSA) is 26.0 Å². The van der Waals surface area contributed by atoms with Crippen molar-refractivity contribution in [3.05, 3.63) is 34.4 Å². The van der Waals surface area contributed by atoms with E-state index < -0.39 is 0 Å². The number of nitrogens with two attached hydrogens (primary N) is 1. The summed E-state index contributed by atoms with van der Waals surface area (Å²) in [5, 5.41) is 0. The van der Waals surface area contributed by atoms with E-state index in [4.69, 9.17) is 5.73 Å². The van der Waals surface area contributed by atoms with Crippen LogP contribution in [0.15, 0.2) is 12.1 Å². The van der Waals surface area contributed by atoms with Crippen LogP contribution in [0.2, 0.25) is 0 Å². The SMILES string of the molecule is CCC(CN)Cc1ccc(C)c(C)c1C. The van der Waals surface area contributed by atoms with Gasteiger partial charge in [-0.25, -0.2) is 0 Å². The molecule has 0 saturated heterocycles. The van der Waals surface area contributed by atoms with Gasteiger partial charge in [0.25, 0.3) is 0 Å². The fourth-order valence-electron chi connectivity index (χ4n) is 1.94. The number of hydrogen-bond acceptors (Lipinski definition) is 1. The molecule has 0 radical (unpaired) electrons. The molecule has 0 aliphatic heterocycles. The largest absolute Gasteiger partial charge is 0.330 e. The quantitative estimate of drug-likeness (QED) is 0.803. The zero-order valence-electron chi connectivity index (χ0n) is 10.4. The lowest BCUT2D eigenvalue weighted by Crippen LogP contribution is -2.16. The van der Waals surface area contributed by atoms with Crippen LogP contribution in [0, 0.1) is 26.7 Å². The molecule has 0 aliphatic rings. The van der Waals surface area contributed by atoms with Gasteiger partial charge in [-0.15, -0.1) is 0 Å². The molecule has 1 heteroatoms. The van der Waals surface area contributed by atoms with E-state index in [1.165, 1.54) is 28.7 Å². The summed E-state index contributed by atoms with van der Waals surface area (Å²) in [6, 6.07) is 4.48. The van der Waals surface area contributed by atoms with E-state index in [-0.39, 0.29) is 0 Å². The Morgan fingerprint density at radius 3 is 2.33 bits per heavy atom. The molecule has 2 N–H and O–H groups in total. The molecular formula is C14H23N. The van der Waals surface area contributed by atoms with Gasteiger partial charge < -0.3 is 5.73 Å². The second-order valence-corrected chi connectivity index (χ2v) is 4.51. The number of rotatable bonds is 4. The number of benzene rings is 1. The maximum atomic E-state index is 5.75. The Morgan fingerprint density at radius 2 is 1.80 bits per heavy atom. The Morgan fingerprint density at radius 1 is 1.13 bits per heavy atom. The van der Waals surface area contributed by atoms with Crippen LogP contribution >= 0.6 is 0 Å². The van der Waals surface area contributed by atoms with Crippen molar-refractivity contribution in [1.82, 2.24) is 0 Å². The summed E-state index contributed by atoms with van der Waals surface area (Å²) in [5.41, 5.74) is 11.5. The van der Waals surface area contributed by atoms with Gasteiger partial charge in [-0.05, 0) is 61.9 Å². The predicted molar refractivity (Wildman–Crippen MR) is 67.2 cm³/mol. The van der Waals surface area contributed by atoms with Crippen LogP contribution in [0.5, 0.6) is 0 Å². The summed E-state index contributed by atoms with van der Waals surface area (Å²) < 4.78 is 0. The van der Waals surface area contributed by atoms with Crippen molar-refractivity contribution in [2.24, 2.45) is 11.7 Å². The normalized spacial score (nSPS) is 12.9. The van der Waals surface area contributed by atoms with Crippen molar-refractivity contribution in [2.45, 2.75) is 40.5 Å². The van der Waals surface area contributed by atoms with E-state index in [1.807, 2.05) is 0 Å². The van der Waals surface area contributed by atoms with Crippen molar-refractivity contribution < 1.29 is 0 Å². The fourth-order valence-corrected chi connectivity index (χ4v) is 1.94. The summed E-state index contributed by atoms with van der Waals surface area (Å²) in [6.07, 6.45) is 2.29. The molecule has 0 amide bonds. The van der Waals surface area contributed by atoms with Crippen molar-refractivity contribution in [1.29, 1.82) is 0 Å². The lowest BCUT2D eigenvalue weighted by atomic mass is 9.91. The Kier molecular flexibility index (Phi) is 4.34. The molecule has 15 heavy (non-hydrogen) atoms. The highest BCUT2D eigenvalue weighted by molar-refractivity contribution is 5.38. The first-order valence-corrected chi connectivity index (χ1v) is 5.85. The van der Waals surface area contributed by atoms with Gasteiger partial charge in [0.2, 0.25) is 0 Å². The second-order valence-electron chi connectivity index (χ2n) is 4.51. The summed E-state index contributed by atoms with van der Waals surface area (Å²) in [6.45, 7) is 9.61. The highest BCUT2D eigenvalue weighted by Crippen LogP contribution is 2.20. The predicted octanol–water partition coefficient (Wildman–Crippen LogP) is 3.14. The minimum Gasteiger partial charge on any atom is -0.330 e. The van der Waals surface area contributed by atoms with E-state index >= 15 is 0 Å². The molecule has 0 heterocycles. The van der Waals surface area contributed by atoms with E-state index in [2.05, 4.69) is 39.8 Å². The Bertz CT molecular complexity index is 324.